The highest BCUT2D eigenvalue weighted by molar-refractivity contribution is 7.89. The molecule has 1 aromatic carbocycles. The second-order valence-electron chi connectivity index (χ2n) is 6.46. The average Bonchev–Trinajstić information content (AvgIpc) is 2.87. The summed E-state index contributed by atoms with van der Waals surface area (Å²) in [5.74, 6) is -0.0889. The third-order valence-corrected chi connectivity index (χ3v) is 6.82. The average molecular weight is 393 g/mol. The predicted octanol–water partition coefficient (Wildman–Crippen LogP) is 1.93. The quantitative estimate of drug-likeness (QED) is 0.744. The largest absolute Gasteiger partial charge is 0.352 e. The molecular weight excluding hydrogens is 364 g/mol. The first-order valence-electron chi connectivity index (χ1n) is 9.05. The van der Waals surface area contributed by atoms with Crippen LogP contribution in [-0.2, 0) is 34.8 Å². The molecule has 0 bridgehead atoms. The lowest BCUT2D eigenvalue weighted by atomic mass is 10.1. The number of benzene rings is 1. The van der Waals surface area contributed by atoms with Gasteiger partial charge in [-0.15, -0.1) is 0 Å². The molecule has 8 heteroatoms. The number of aryl methyl sites for hydroxylation is 2. The van der Waals surface area contributed by atoms with Crippen LogP contribution in [0.4, 0.5) is 0 Å². The Bertz CT molecular complexity index is 898. The zero-order valence-electron chi connectivity index (χ0n) is 16.6. The van der Waals surface area contributed by atoms with Gasteiger partial charge in [0.1, 0.15) is 0 Å². The smallest absolute Gasteiger partial charge is 0.243 e. The van der Waals surface area contributed by atoms with Crippen LogP contribution in [0.25, 0.3) is 0 Å². The Balaban J connectivity index is 2.00. The van der Waals surface area contributed by atoms with E-state index in [1.165, 1.54) is 4.31 Å². The second-order valence-corrected chi connectivity index (χ2v) is 8.40. The Labute approximate surface area is 161 Å². The van der Waals surface area contributed by atoms with Crippen LogP contribution in [-0.4, -0.2) is 41.5 Å². The SMILES string of the molecule is CCN(CC)S(=O)(=O)c1ccc(CNC(=O)Cc2c(C)nn(C)c2C)cc1. The maximum atomic E-state index is 12.5. The fraction of sp³-hybridized carbons (Fsp3) is 0.474. The van der Waals surface area contributed by atoms with Crippen molar-refractivity contribution in [1.82, 2.24) is 19.4 Å². The van der Waals surface area contributed by atoms with Crippen molar-refractivity contribution in [1.29, 1.82) is 0 Å². The van der Waals surface area contributed by atoms with E-state index in [4.69, 9.17) is 0 Å². The standard InChI is InChI=1S/C19H28N4O3S/c1-6-23(7-2)27(25,26)17-10-8-16(9-11-17)13-20-19(24)12-18-14(3)21-22(5)15(18)4/h8-11H,6-7,12-13H2,1-5H3,(H,20,24). The number of carbonyl (C=O) groups excluding carboxylic acids is 1. The summed E-state index contributed by atoms with van der Waals surface area (Å²) in [4.78, 5) is 12.5. The van der Waals surface area contributed by atoms with Crippen molar-refractivity contribution in [3.8, 4) is 0 Å². The Kier molecular flexibility index (Phi) is 6.78. The van der Waals surface area contributed by atoms with Gasteiger partial charge in [-0.05, 0) is 31.5 Å². The summed E-state index contributed by atoms with van der Waals surface area (Å²) >= 11 is 0. The Morgan fingerprint density at radius 2 is 1.74 bits per heavy atom. The number of nitrogens with one attached hydrogen (secondary N) is 1. The highest BCUT2D eigenvalue weighted by Gasteiger charge is 2.21. The van der Waals surface area contributed by atoms with Crippen LogP contribution >= 0.6 is 0 Å². The summed E-state index contributed by atoms with van der Waals surface area (Å²) < 4.78 is 28.2. The lowest BCUT2D eigenvalue weighted by molar-refractivity contribution is -0.120. The van der Waals surface area contributed by atoms with E-state index < -0.39 is 10.0 Å². The monoisotopic (exact) mass is 392 g/mol. The van der Waals surface area contributed by atoms with E-state index in [1.807, 2.05) is 34.7 Å². The van der Waals surface area contributed by atoms with Crippen molar-refractivity contribution in [3.63, 3.8) is 0 Å². The van der Waals surface area contributed by atoms with E-state index in [9.17, 15) is 13.2 Å². The highest BCUT2D eigenvalue weighted by Crippen LogP contribution is 2.16. The molecule has 0 spiro atoms. The molecule has 0 fully saturated rings. The van der Waals surface area contributed by atoms with Crippen molar-refractivity contribution in [2.24, 2.45) is 7.05 Å². The van der Waals surface area contributed by atoms with Crippen molar-refractivity contribution in [3.05, 3.63) is 46.8 Å². The van der Waals surface area contributed by atoms with Crippen LogP contribution in [0, 0.1) is 13.8 Å². The van der Waals surface area contributed by atoms with Gasteiger partial charge in [0.05, 0.1) is 17.0 Å². The zero-order valence-corrected chi connectivity index (χ0v) is 17.4. The molecule has 0 saturated heterocycles. The van der Waals surface area contributed by atoms with Crippen LogP contribution < -0.4 is 5.32 Å². The molecule has 1 aromatic heterocycles. The number of hydrogen-bond donors (Lipinski definition) is 1. The normalized spacial score (nSPS) is 11.8. The molecule has 0 aliphatic rings. The van der Waals surface area contributed by atoms with Gasteiger partial charge in [0.25, 0.3) is 0 Å². The van der Waals surface area contributed by atoms with Crippen LogP contribution in [0.3, 0.4) is 0 Å². The molecule has 1 amide bonds. The van der Waals surface area contributed by atoms with Gasteiger partial charge < -0.3 is 5.32 Å². The molecule has 27 heavy (non-hydrogen) atoms. The number of rotatable bonds is 8. The summed E-state index contributed by atoms with van der Waals surface area (Å²) in [7, 11) is -1.60. The second kappa shape index (κ2) is 8.67. The van der Waals surface area contributed by atoms with E-state index in [0.717, 1.165) is 22.5 Å². The first kappa shape index (κ1) is 21.1. The molecule has 7 nitrogen and oxygen atoms in total. The molecular formula is C19H28N4O3S. The summed E-state index contributed by atoms with van der Waals surface area (Å²) in [6.07, 6.45) is 0.278. The molecule has 0 aliphatic heterocycles. The summed E-state index contributed by atoms with van der Waals surface area (Å²) in [6, 6.07) is 6.64. The molecule has 0 atom stereocenters. The van der Waals surface area contributed by atoms with Gasteiger partial charge in [-0.2, -0.15) is 9.40 Å². The number of aromatic nitrogens is 2. The maximum Gasteiger partial charge on any atom is 0.243 e. The third kappa shape index (κ3) is 4.75. The molecule has 2 rings (SSSR count). The van der Waals surface area contributed by atoms with Crippen LogP contribution in [0.2, 0.25) is 0 Å². The van der Waals surface area contributed by atoms with Gasteiger partial charge >= 0.3 is 0 Å². The van der Waals surface area contributed by atoms with Crippen molar-refractivity contribution in [2.75, 3.05) is 13.1 Å². The van der Waals surface area contributed by atoms with E-state index in [2.05, 4.69) is 10.4 Å². The molecule has 148 valence electrons. The minimum Gasteiger partial charge on any atom is -0.352 e. The predicted molar refractivity (Wildman–Crippen MR) is 105 cm³/mol. The van der Waals surface area contributed by atoms with Gasteiger partial charge in [0, 0.05) is 37.9 Å². The number of carbonyl (C=O) groups is 1. The van der Waals surface area contributed by atoms with E-state index >= 15 is 0 Å². The zero-order chi connectivity index (χ0) is 20.2. The van der Waals surface area contributed by atoms with E-state index in [0.29, 0.717) is 19.6 Å². The number of amides is 1. The van der Waals surface area contributed by atoms with Gasteiger partial charge in [-0.1, -0.05) is 26.0 Å². The van der Waals surface area contributed by atoms with Gasteiger partial charge in [0.2, 0.25) is 15.9 Å². The summed E-state index contributed by atoms with van der Waals surface area (Å²) in [5, 5.41) is 7.20. The first-order valence-corrected chi connectivity index (χ1v) is 10.5. The summed E-state index contributed by atoms with van der Waals surface area (Å²) in [6.45, 7) is 8.69. The van der Waals surface area contributed by atoms with Crippen molar-refractivity contribution < 1.29 is 13.2 Å². The fourth-order valence-electron chi connectivity index (χ4n) is 2.99. The minimum atomic E-state index is -3.46. The highest BCUT2D eigenvalue weighted by atomic mass is 32.2. The third-order valence-electron chi connectivity index (χ3n) is 4.75. The molecule has 0 saturated carbocycles. The fourth-order valence-corrected chi connectivity index (χ4v) is 4.45. The van der Waals surface area contributed by atoms with E-state index in [1.54, 1.807) is 28.9 Å². The van der Waals surface area contributed by atoms with Crippen LogP contribution in [0.5, 0.6) is 0 Å². The lowest BCUT2D eigenvalue weighted by Crippen LogP contribution is -2.30. The minimum absolute atomic E-state index is 0.0889. The van der Waals surface area contributed by atoms with Crippen LogP contribution in [0.1, 0.15) is 36.4 Å². The Morgan fingerprint density at radius 1 is 1.15 bits per heavy atom. The molecule has 1 N–H and O–H groups in total. The first-order chi connectivity index (χ1) is 12.7. The molecule has 0 unspecified atom stereocenters. The maximum absolute atomic E-state index is 12.5. The lowest BCUT2D eigenvalue weighted by Gasteiger charge is -2.18. The topological polar surface area (TPSA) is 84.3 Å². The summed E-state index contributed by atoms with van der Waals surface area (Å²) in [5.41, 5.74) is 3.63. The number of sulfonamides is 1. The molecule has 0 radical (unpaired) electrons. The molecule has 0 aliphatic carbocycles. The van der Waals surface area contributed by atoms with Crippen LogP contribution in [0.15, 0.2) is 29.2 Å². The van der Waals surface area contributed by atoms with E-state index in [-0.39, 0.29) is 17.2 Å². The number of hydrogen-bond acceptors (Lipinski definition) is 4. The van der Waals surface area contributed by atoms with Crippen molar-refractivity contribution in [2.45, 2.75) is 45.6 Å². The Hall–Kier alpha value is -2.19. The molecule has 2 aromatic rings. The van der Waals surface area contributed by atoms with Crippen molar-refractivity contribution >= 4 is 15.9 Å². The Morgan fingerprint density at radius 3 is 2.22 bits per heavy atom. The number of nitrogens with zero attached hydrogens (tertiary/aromatic N) is 3. The van der Waals surface area contributed by atoms with Gasteiger partial charge in [-0.3, -0.25) is 9.48 Å². The van der Waals surface area contributed by atoms with Gasteiger partial charge in [-0.25, -0.2) is 8.42 Å². The molecule has 1 heterocycles. The van der Waals surface area contributed by atoms with Gasteiger partial charge in [0.15, 0.2) is 0 Å².